The highest BCUT2D eigenvalue weighted by Crippen LogP contribution is 2.22. The number of amides is 2. The topological polar surface area (TPSA) is 54.0 Å². The van der Waals surface area contributed by atoms with Gasteiger partial charge in [-0.3, -0.25) is 0 Å². The molecule has 1 heterocycles. The lowest BCUT2D eigenvalue weighted by Gasteiger charge is -2.19. The van der Waals surface area contributed by atoms with Gasteiger partial charge < -0.3 is 10.6 Å². The van der Waals surface area contributed by atoms with E-state index in [-0.39, 0.29) is 11.4 Å². The lowest BCUT2D eigenvalue weighted by atomic mass is 9.86. The van der Waals surface area contributed by atoms with E-state index in [1.807, 2.05) is 5.38 Å². The van der Waals surface area contributed by atoms with Crippen molar-refractivity contribution in [2.75, 3.05) is 13.1 Å². The highest BCUT2D eigenvalue weighted by molar-refractivity contribution is 7.07. The summed E-state index contributed by atoms with van der Waals surface area (Å²) in [5.41, 5.74) is 5.57. The average Bonchev–Trinajstić information content (AvgIpc) is 3.00. The van der Waals surface area contributed by atoms with E-state index in [0.717, 1.165) is 18.5 Å². The van der Waals surface area contributed by atoms with Crippen LogP contribution in [0.2, 0.25) is 0 Å². The summed E-state index contributed by atoms with van der Waals surface area (Å²) in [5.74, 6) is 0. The standard InChI is InChI=1S/C18H25N3OS/c1-18(2,3)15-6-4-14(5-7-15)8-10-19-17(22)20-11-9-16-12-23-13-21-16/h4-7,12-13H,8-11H2,1-3H3,(H2,19,20,22). The summed E-state index contributed by atoms with van der Waals surface area (Å²) < 4.78 is 0. The normalized spacial score (nSPS) is 11.3. The summed E-state index contributed by atoms with van der Waals surface area (Å²) in [4.78, 5) is 15.9. The summed E-state index contributed by atoms with van der Waals surface area (Å²) in [6, 6.07) is 8.50. The van der Waals surface area contributed by atoms with E-state index in [1.165, 1.54) is 11.1 Å². The number of aromatic nitrogens is 1. The third-order valence-corrected chi connectivity index (χ3v) is 4.30. The number of nitrogens with zero attached hydrogens (tertiary/aromatic N) is 1. The van der Waals surface area contributed by atoms with Crippen molar-refractivity contribution >= 4 is 17.4 Å². The largest absolute Gasteiger partial charge is 0.338 e. The Balaban J connectivity index is 1.65. The Morgan fingerprint density at radius 2 is 1.74 bits per heavy atom. The van der Waals surface area contributed by atoms with Crippen molar-refractivity contribution in [1.29, 1.82) is 0 Å². The van der Waals surface area contributed by atoms with Gasteiger partial charge in [0.15, 0.2) is 0 Å². The van der Waals surface area contributed by atoms with E-state index in [2.05, 4.69) is 60.7 Å². The van der Waals surface area contributed by atoms with E-state index in [4.69, 9.17) is 0 Å². The average molecular weight is 331 g/mol. The molecule has 0 bridgehead atoms. The van der Waals surface area contributed by atoms with E-state index in [9.17, 15) is 4.79 Å². The summed E-state index contributed by atoms with van der Waals surface area (Å²) in [6.07, 6.45) is 1.61. The van der Waals surface area contributed by atoms with Gasteiger partial charge >= 0.3 is 6.03 Å². The highest BCUT2D eigenvalue weighted by Gasteiger charge is 2.12. The SMILES string of the molecule is CC(C)(C)c1ccc(CCNC(=O)NCCc2cscn2)cc1. The molecule has 0 radical (unpaired) electrons. The van der Waals surface area contributed by atoms with E-state index >= 15 is 0 Å². The zero-order valence-electron chi connectivity index (χ0n) is 14.1. The zero-order valence-corrected chi connectivity index (χ0v) is 14.9. The molecule has 2 amide bonds. The molecule has 23 heavy (non-hydrogen) atoms. The van der Waals surface area contributed by atoms with Crippen molar-refractivity contribution in [2.45, 2.75) is 39.0 Å². The van der Waals surface area contributed by atoms with Crippen LogP contribution in [-0.2, 0) is 18.3 Å². The van der Waals surface area contributed by atoms with Crippen LogP contribution in [0.5, 0.6) is 0 Å². The van der Waals surface area contributed by atoms with Crippen molar-refractivity contribution in [3.8, 4) is 0 Å². The number of thiazole rings is 1. The maximum atomic E-state index is 11.7. The molecule has 4 nitrogen and oxygen atoms in total. The minimum absolute atomic E-state index is 0.119. The fourth-order valence-corrected chi connectivity index (χ4v) is 2.81. The predicted molar refractivity (Wildman–Crippen MR) is 96.1 cm³/mol. The number of nitrogens with one attached hydrogen (secondary N) is 2. The molecule has 2 aromatic rings. The number of urea groups is 1. The maximum Gasteiger partial charge on any atom is 0.314 e. The molecule has 0 saturated carbocycles. The second-order valence-electron chi connectivity index (χ2n) is 6.61. The first-order valence-corrected chi connectivity index (χ1v) is 8.87. The van der Waals surface area contributed by atoms with Crippen LogP contribution >= 0.6 is 11.3 Å². The van der Waals surface area contributed by atoms with Crippen LogP contribution in [0.25, 0.3) is 0 Å². The number of carbonyl (C=O) groups is 1. The number of hydrogen-bond donors (Lipinski definition) is 2. The Labute approximate surface area is 142 Å². The van der Waals surface area contributed by atoms with Gasteiger partial charge in [0.25, 0.3) is 0 Å². The minimum atomic E-state index is -0.119. The number of hydrogen-bond acceptors (Lipinski definition) is 3. The Hall–Kier alpha value is -1.88. The molecule has 0 fully saturated rings. The van der Waals surface area contributed by atoms with Crippen LogP contribution in [0.3, 0.4) is 0 Å². The van der Waals surface area contributed by atoms with Gasteiger partial charge in [0.05, 0.1) is 11.2 Å². The van der Waals surface area contributed by atoms with Gasteiger partial charge in [0, 0.05) is 24.9 Å². The van der Waals surface area contributed by atoms with Crippen LogP contribution in [0.4, 0.5) is 4.79 Å². The molecule has 0 unspecified atom stereocenters. The molecule has 5 heteroatoms. The van der Waals surface area contributed by atoms with Crippen molar-refractivity contribution in [2.24, 2.45) is 0 Å². The molecule has 0 aliphatic carbocycles. The van der Waals surface area contributed by atoms with Gasteiger partial charge in [-0.05, 0) is 23.0 Å². The lowest BCUT2D eigenvalue weighted by molar-refractivity contribution is 0.241. The molecule has 124 valence electrons. The molecule has 0 atom stereocenters. The third kappa shape index (κ3) is 6.02. The Morgan fingerprint density at radius 1 is 1.09 bits per heavy atom. The van der Waals surface area contributed by atoms with Gasteiger partial charge in [-0.1, -0.05) is 45.0 Å². The summed E-state index contributed by atoms with van der Waals surface area (Å²) in [7, 11) is 0. The van der Waals surface area contributed by atoms with Crippen molar-refractivity contribution in [3.63, 3.8) is 0 Å². The number of benzene rings is 1. The summed E-state index contributed by atoms with van der Waals surface area (Å²) in [6.45, 7) is 7.87. The van der Waals surface area contributed by atoms with Crippen molar-refractivity contribution < 1.29 is 4.79 Å². The summed E-state index contributed by atoms with van der Waals surface area (Å²) in [5, 5.41) is 7.74. The van der Waals surface area contributed by atoms with Gasteiger partial charge in [0.2, 0.25) is 0 Å². The van der Waals surface area contributed by atoms with Crippen LogP contribution in [0.1, 0.15) is 37.6 Å². The van der Waals surface area contributed by atoms with Crippen LogP contribution in [-0.4, -0.2) is 24.1 Å². The first kappa shape index (κ1) is 17.5. The molecule has 1 aromatic carbocycles. The summed E-state index contributed by atoms with van der Waals surface area (Å²) >= 11 is 1.57. The molecular weight excluding hydrogens is 306 g/mol. The van der Waals surface area contributed by atoms with E-state index in [1.54, 1.807) is 16.8 Å². The first-order valence-electron chi connectivity index (χ1n) is 7.93. The molecule has 0 aliphatic rings. The van der Waals surface area contributed by atoms with Crippen LogP contribution < -0.4 is 10.6 Å². The molecular formula is C18H25N3OS. The number of carbonyl (C=O) groups excluding carboxylic acids is 1. The fraction of sp³-hybridized carbons (Fsp3) is 0.444. The number of rotatable bonds is 6. The third-order valence-electron chi connectivity index (χ3n) is 3.67. The van der Waals surface area contributed by atoms with Crippen molar-refractivity contribution in [3.05, 3.63) is 52.0 Å². The maximum absolute atomic E-state index is 11.7. The monoisotopic (exact) mass is 331 g/mol. The molecule has 0 saturated heterocycles. The Morgan fingerprint density at radius 3 is 2.30 bits per heavy atom. The smallest absolute Gasteiger partial charge is 0.314 e. The van der Waals surface area contributed by atoms with Gasteiger partial charge in [-0.25, -0.2) is 9.78 Å². The Bertz CT molecular complexity index is 600. The first-order chi connectivity index (χ1) is 10.9. The van der Waals surface area contributed by atoms with Gasteiger partial charge in [-0.2, -0.15) is 0 Å². The molecule has 0 spiro atoms. The molecule has 1 aromatic heterocycles. The van der Waals surface area contributed by atoms with E-state index in [0.29, 0.717) is 13.1 Å². The lowest BCUT2D eigenvalue weighted by Crippen LogP contribution is -2.37. The molecule has 2 rings (SSSR count). The van der Waals surface area contributed by atoms with E-state index < -0.39 is 0 Å². The fourth-order valence-electron chi connectivity index (χ4n) is 2.22. The quantitative estimate of drug-likeness (QED) is 0.851. The van der Waals surface area contributed by atoms with Gasteiger partial charge in [0.1, 0.15) is 0 Å². The second kappa shape index (κ2) is 8.11. The minimum Gasteiger partial charge on any atom is -0.338 e. The molecule has 2 N–H and O–H groups in total. The van der Waals surface area contributed by atoms with Crippen LogP contribution in [0, 0.1) is 0 Å². The van der Waals surface area contributed by atoms with Gasteiger partial charge in [-0.15, -0.1) is 11.3 Å². The Kier molecular flexibility index (Phi) is 6.16. The zero-order chi connectivity index (χ0) is 16.7. The predicted octanol–water partition coefficient (Wildman–Crippen LogP) is 3.53. The molecule has 0 aliphatic heterocycles. The second-order valence-corrected chi connectivity index (χ2v) is 7.33. The highest BCUT2D eigenvalue weighted by atomic mass is 32.1. The van der Waals surface area contributed by atoms with Crippen molar-refractivity contribution in [1.82, 2.24) is 15.6 Å². The van der Waals surface area contributed by atoms with Crippen LogP contribution in [0.15, 0.2) is 35.2 Å².